The Hall–Kier alpha value is -2.19. The van der Waals surface area contributed by atoms with Gasteiger partial charge in [0, 0.05) is 12.3 Å². The smallest absolute Gasteiger partial charge is 0.327 e. The second-order valence-electron chi connectivity index (χ2n) is 7.85. The zero-order chi connectivity index (χ0) is 26.3. The summed E-state index contributed by atoms with van der Waals surface area (Å²) in [6.07, 6.45) is 3.43. The Bertz CT molecular complexity index is 707. The molecule has 34 heavy (non-hydrogen) atoms. The van der Waals surface area contributed by atoms with Crippen LogP contribution in [0, 0.1) is 5.92 Å². The zero-order valence-corrected chi connectivity index (χ0v) is 21.7. The molecule has 0 bridgehead atoms. The molecule has 0 aliphatic carbocycles. The summed E-state index contributed by atoms with van der Waals surface area (Å²) in [6.45, 7) is 3.88. The predicted molar refractivity (Wildman–Crippen MR) is 138 cm³/mol. The van der Waals surface area contributed by atoms with Gasteiger partial charge in [-0.05, 0) is 37.2 Å². The van der Waals surface area contributed by atoms with Crippen molar-refractivity contribution in [1.82, 2.24) is 16.0 Å². The Morgan fingerprint density at radius 2 is 1.65 bits per heavy atom. The molecule has 0 aliphatic rings. The van der Waals surface area contributed by atoms with Crippen molar-refractivity contribution >= 4 is 54.0 Å². The van der Waals surface area contributed by atoms with Crippen molar-refractivity contribution in [2.45, 2.75) is 63.7 Å². The molecule has 5 atom stereocenters. The fourth-order valence-corrected chi connectivity index (χ4v) is 3.57. The van der Waals surface area contributed by atoms with Gasteiger partial charge in [0.15, 0.2) is 5.96 Å². The molecule has 12 nitrogen and oxygen atoms in total. The van der Waals surface area contributed by atoms with Crippen LogP contribution >= 0.6 is 24.4 Å². The maximum Gasteiger partial charge on any atom is 0.327 e. The van der Waals surface area contributed by atoms with Gasteiger partial charge in [-0.25, -0.2) is 4.79 Å². The fraction of sp³-hybridized carbons (Fsp3) is 0.750. The van der Waals surface area contributed by atoms with Crippen molar-refractivity contribution in [1.29, 1.82) is 0 Å². The number of guanidine groups is 1. The second kappa shape index (κ2) is 17.3. The highest BCUT2D eigenvalue weighted by Gasteiger charge is 2.32. The quantitative estimate of drug-likeness (QED) is 0.0490. The number of hydrogen-bond acceptors (Lipinski definition) is 8. The number of nitrogens with two attached hydrogens (primary N) is 3. The zero-order valence-electron chi connectivity index (χ0n) is 20.0. The highest BCUT2D eigenvalue weighted by Crippen LogP contribution is 2.11. The van der Waals surface area contributed by atoms with Crippen LogP contribution in [0.4, 0.5) is 0 Å². The molecule has 0 saturated carbocycles. The lowest BCUT2D eigenvalue weighted by Gasteiger charge is -2.28. The van der Waals surface area contributed by atoms with Crippen molar-refractivity contribution in [2.24, 2.45) is 28.1 Å². The van der Waals surface area contributed by atoms with E-state index in [0.29, 0.717) is 25.0 Å². The van der Waals surface area contributed by atoms with Gasteiger partial charge in [0.2, 0.25) is 17.7 Å². The van der Waals surface area contributed by atoms with E-state index in [1.807, 2.05) is 13.2 Å². The van der Waals surface area contributed by atoms with E-state index in [2.05, 4.69) is 33.6 Å². The average molecular weight is 522 g/mol. The number of aliphatic carboxylic acids is 1. The molecule has 0 aliphatic heterocycles. The minimum absolute atomic E-state index is 0.108. The largest absolute Gasteiger partial charge is 0.480 e. The Labute approximate surface area is 210 Å². The third-order valence-electron chi connectivity index (χ3n) is 5.14. The molecule has 0 aromatic rings. The monoisotopic (exact) mass is 521 g/mol. The molecule has 10 N–H and O–H groups in total. The number of aliphatic imine (C=N–C) groups is 1. The van der Waals surface area contributed by atoms with Gasteiger partial charge in [-0.15, -0.1) is 0 Å². The number of nitrogens with one attached hydrogen (secondary N) is 3. The van der Waals surface area contributed by atoms with Crippen molar-refractivity contribution in [2.75, 3.05) is 24.3 Å². The predicted octanol–water partition coefficient (Wildman–Crippen LogP) is -1.36. The minimum atomic E-state index is -1.25. The molecule has 3 amide bonds. The van der Waals surface area contributed by atoms with Crippen LogP contribution in [-0.4, -0.2) is 83.2 Å². The molecule has 0 rings (SSSR count). The third-order valence-corrected chi connectivity index (χ3v) is 6.15. The highest BCUT2D eigenvalue weighted by atomic mass is 32.2. The summed E-state index contributed by atoms with van der Waals surface area (Å²) in [5.74, 6) is -2.75. The SMILES string of the molecule is CCC(C)C(NC(=O)C(N)CCSC)C(=O)NC(CCCN=C(N)N)C(=O)NC(CS)C(=O)O. The average Bonchev–Trinajstić information content (AvgIpc) is 2.79. The number of amides is 3. The van der Waals surface area contributed by atoms with Crippen LogP contribution in [0.25, 0.3) is 0 Å². The number of carboxylic acids is 1. The number of nitrogens with zero attached hydrogens (tertiary/aromatic N) is 1. The summed E-state index contributed by atoms with van der Waals surface area (Å²) in [5, 5.41) is 16.9. The maximum absolute atomic E-state index is 13.1. The van der Waals surface area contributed by atoms with Gasteiger partial charge in [0.05, 0.1) is 6.04 Å². The highest BCUT2D eigenvalue weighted by molar-refractivity contribution is 7.98. The van der Waals surface area contributed by atoms with Crippen LogP contribution in [0.3, 0.4) is 0 Å². The standard InChI is InChI=1S/C20H39N7O5S2/c1-4-11(2)15(27-16(28)12(21)7-9-34-3)18(30)25-13(6-5-8-24-20(22)23)17(29)26-14(10-33)19(31)32/h11-15,33H,4-10,21H2,1-3H3,(H,25,30)(H,26,29)(H,27,28)(H,31,32)(H4,22,23,24). The molecule has 5 unspecified atom stereocenters. The van der Waals surface area contributed by atoms with Crippen LogP contribution in [-0.2, 0) is 19.2 Å². The molecule has 14 heteroatoms. The Morgan fingerprint density at radius 3 is 2.15 bits per heavy atom. The van der Waals surface area contributed by atoms with E-state index in [0.717, 1.165) is 0 Å². The van der Waals surface area contributed by atoms with E-state index in [-0.39, 0.29) is 30.6 Å². The van der Waals surface area contributed by atoms with Crippen LogP contribution in [0.2, 0.25) is 0 Å². The first-order valence-corrected chi connectivity index (χ1v) is 13.1. The van der Waals surface area contributed by atoms with Crippen molar-refractivity contribution in [3.63, 3.8) is 0 Å². The molecule has 0 aromatic heterocycles. The summed E-state index contributed by atoms with van der Waals surface area (Å²) >= 11 is 5.50. The summed E-state index contributed by atoms with van der Waals surface area (Å²) in [7, 11) is 0. The molecular weight excluding hydrogens is 482 g/mol. The lowest BCUT2D eigenvalue weighted by atomic mass is 9.97. The lowest BCUT2D eigenvalue weighted by molar-refractivity contribution is -0.141. The van der Waals surface area contributed by atoms with Crippen LogP contribution in [0.5, 0.6) is 0 Å². The molecule has 196 valence electrons. The summed E-state index contributed by atoms with van der Waals surface area (Å²) in [6, 6.07) is -3.99. The van der Waals surface area contributed by atoms with Gasteiger partial charge in [-0.2, -0.15) is 24.4 Å². The van der Waals surface area contributed by atoms with E-state index in [4.69, 9.17) is 17.2 Å². The van der Waals surface area contributed by atoms with E-state index in [1.54, 1.807) is 18.7 Å². The van der Waals surface area contributed by atoms with Gasteiger partial charge in [-0.1, -0.05) is 20.3 Å². The molecule has 0 heterocycles. The Morgan fingerprint density at radius 1 is 1.03 bits per heavy atom. The van der Waals surface area contributed by atoms with Crippen LogP contribution in [0.1, 0.15) is 39.5 Å². The van der Waals surface area contributed by atoms with Gasteiger partial charge in [-0.3, -0.25) is 19.4 Å². The van der Waals surface area contributed by atoms with E-state index < -0.39 is 47.9 Å². The van der Waals surface area contributed by atoms with Gasteiger partial charge in [0.25, 0.3) is 0 Å². The summed E-state index contributed by atoms with van der Waals surface area (Å²) in [4.78, 5) is 53.5. The van der Waals surface area contributed by atoms with Crippen LogP contribution in [0.15, 0.2) is 4.99 Å². The summed E-state index contributed by atoms with van der Waals surface area (Å²) in [5.41, 5.74) is 16.5. The van der Waals surface area contributed by atoms with Gasteiger partial charge >= 0.3 is 5.97 Å². The van der Waals surface area contributed by atoms with E-state index >= 15 is 0 Å². The molecule has 0 saturated heterocycles. The van der Waals surface area contributed by atoms with E-state index in [9.17, 15) is 24.3 Å². The van der Waals surface area contributed by atoms with Gasteiger partial charge < -0.3 is 38.3 Å². The first-order chi connectivity index (χ1) is 16.0. The minimum Gasteiger partial charge on any atom is -0.480 e. The molecular formula is C20H39N7O5S2. The first kappa shape index (κ1) is 31.8. The summed E-state index contributed by atoms with van der Waals surface area (Å²) < 4.78 is 0. The molecule has 0 spiro atoms. The number of carbonyl (C=O) groups is 4. The van der Waals surface area contributed by atoms with Crippen molar-refractivity contribution < 1.29 is 24.3 Å². The lowest BCUT2D eigenvalue weighted by Crippen LogP contribution is -2.58. The Balaban J connectivity index is 5.52. The van der Waals surface area contributed by atoms with Gasteiger partial charge in [0.1, 0.15) is 18.1 Å². The number of thiol groups is 1. The fourth-order valence-electron chi connectivity index (χ4n) is 2.83. The maximum atomic E-state index is 13.1. The number of rotatable bonds is 17. The molecule has 0 aromatic carbocycles. The number of carboxylic acid groups (broad SMARTS) is 1. The molecule has 0 radical (unpaired) electrons. The Kier molecular flexibility index (Phi) is 16.2. The molecule has 0 fully saturated rings. The topological polar surface area (TPSA) is 215 Å². The number of thioether (sulfide) groups is 1. The second-order valence-corrected chi connectivity index (χ2v) is 9.20. The van der Waals surface area contributed by atoms with Crippen LogP contribution < -0.4 is 33.2 Å². The number of carbonyl (C=O) groups excluding carboxylic acids is 3. The van der Waals surface area contributed by atoms with Crippen molar-refractivity contribution in [3.8, 4) is 0 Å². The van der Waals surface area contributed by atoms with Crippen molar-refractivity contribution in [3.05, 3.63) is 0 Å². The first-order valence-electron chi connectivity index (χ1n) is 11.0. The number of hydrogen-bond donors (Lipinski definition) is 8. The third kappa shape index (κ3) is 12.3. The normalized spacial score (nSPS) is 15.2. The van der Waals surface area contributed by atoms with E-state index in [1.165, 1.54) is 0 Å².